The fourth-order valence-electron chi connectivity index (χ4n) is 2.29. The fraction of sp³-hybridized carbons (Fsp3) is 0.643. The molecule has 142 valence electrons. The van der Waals surface area contributed by atoms with Crippen molar-refractivity contribution in [2.45, 2.75) is 42.7 Å². The van der Waals surface area contributed by atoms with Crippen molar-refractivity contribution in [2.24, 2.45) is 5.73 Å². The molecule has 1 saturated heterocycles. The largest absolute Gasteiger partial charge is 0.458 e. The van der Waals surface area contributed by atoms with Gasteiger partial charge in [0, 0.05) is 7.11 Å². The van der Waals surface area contributed by atoms with E-state index in [1.807, 2.05) is 0 Å². The Morgan fingerprint density at radius 3 is 2.64 bits per heavy atom. The number of alkyl halides is 2. The van der Waals surface area contributed by atoms with E-state index in [2.05, 4.69) is 4.74 Å². The molecule has 8 nitrogen and oxygen atoms in total. The van der Waals surface area contributed by atoms with Gasteiger partial charge in [0.25, 0.3) is 0 Å². The van der Waals surface area contributed by atoms with Gasteiger partial charge in [0.1, 0.15) is 37.1 Å². The number of halogens is 2. The van der Waals surface area contributed by atoms with Gasteiger partial charge in [-0.25, -0.2) is 4.79 Å². The summed E-state index contributed by atoms with van der Waals surface area (Å²) >= 11 is 1.15. The molecule has 6 atom stereocenters. The van der Waals surface area contributed by atoms with Crippen molar-refractivity contribution in [3.05, 3.63) is 22.4 Å². The number of carbonyl (C=O) groups is 1. The number of ether oxygens (including phenoxy) is 3. The second kappa shape index (κ2) is 7.99. The van der Waals surface area contributed by atoms with E-state index in [1.165, 1.54) is 18.6 Å². The zero-order chi connectivity index (χ0) is 18.8. The predicted molar refractivity (Wildman–Crippen MR) is 80.8 cm³/mol. The van der Waals surface area contributed by atoms with Crippen LogP contribution in [0, 0.1) is 0 Å². The lowest BCUT2D eigenvalue weighted by Gasteiger charge is -2.39. The summed E-state index contributed by atoms with van der Waals surface area (Å²) in [5, 5.41) is 32.0. The summed E-state index contributed by atoms with van der Waals surface area (Å²) in [7, 11) is 1.18. The fourth-order valence-corrected chi connectivity index (χ4v) is 2.99. The highest BCUT2D eigenvalue weighted by atomic mass is 32.1. The van der Waals surface area contributed by atoms with Gasteiger partial charge < -0.3 is 35.3 Å². The van der Waals surface area contributed by atoms with Gasteiger partial charge in [-0.2, -0.15) is 20.1 Å². The quantitative estimate of drug-likeness (QED) is 0.478. The summed E-state index contributed by atoms with van der Waals surface area (Å²) in [6.07, 6.45) is -7.53. The summed E-state index contributed by atoms with van der Waals surface area (Å²) < 4.78 is 42.6. The molecule has 0 radical (unpaired) electrons. The number of aliphatic hydroxyl groups excluding tert-OH is 3. The van der Waals surface area contributed by atoms with Crippen molar-refractivity contribution < 1.29 is 43.1 Å². The van der Waals surface area contributed by atoms with E-state index in [9.17, 15) is 28.9 Å². The molecule has 0 amide bonds. The number of aliphatic hydroxyl groups is 3. The summed E-state index contributed by atoms with van der Waals surface area (Å²) in [4.78, 5) is 11.7. The molecule has 1 aromatic heterocycles. The Kier molecular flexibility index (Phi) is 6.43. The first-order chi connectivity index (χ1) is 11.7. The SMILES string of the molecule is CO[C@H]1O[C@H](COC(=O)C(F)(F)[C@@H](N)c2ccsc2)[C@@H](O)[C@H](O)[C@@H]1O. The maximum atomic E-state index is 14.1. The number of nitrogens with two attached hydrogens (primary N) is 1. The Morgan fingerprint density at radius 2 is 2.08 bits per heavy atom. The van der Waals surface area contributed by atoms with Crippen LogP contribution >= 0.6 is 11.3 Å². The van der Waals surface area contributed by atoms with Crippen molar-refractivity contribution in [1.82, 2.24) is 0 Å². The molecule has 11 heteroatoms. The molecule has 2 heterocycles. The number of thiophene rings is 1. The Balaban J connectivity index is 1.98. The topological polar surface area (TPSA) is 131 Å². The second-order valence-corrected chi connectivity index (χ2v) is 6.29. The van der Waals surface area contributed by atoms with Crippen LogP contribution in [0.5, 0.6) is 0 Å². The van der Waals surface area contributed by atoms with Gasteiger partial charge in [-0.1, -0.05) is 0 Å². The highest BCUT2D eigenvalue weighted by Crippen LogP contribution is 2.32. The number of rotatable bonds is 6. The molecule has 5 N–H and O–H groups in total. The van der Waals surface area contributed by atoms with E-state index in [0.717, 1.165) is 11.3 Å². The molecule has 2 rings (SSSR count). The van der Waals surface area contributed by atoms with Crippen LogP contribution in [0.4, 0.5) is 8.78 Å². The van der Waals surface area contributed by atoms with Crippen molar-refractivity contribution >= 4 is 17.3 Å². The van der Waals surface area contributed by atoms with Gasteiger partial charge in [-0.15, -0.1) is 0 Å². The second-order valence-electron chi connectivity index (χ2n) is 5.51. The van der Waals surface area contributed by atoms with Gasteiger partial charge >= 0.3 is 11.9 Å². The lowest BCUT2D eigenvalue weighted by Crippen LogP contribution is -2.59. The highest BCUT2D eigenvalue weighted by Gasteiger charge is 2.49. The van der Waals surface area contributed by atoms with Crippen LogP contribution < -0.4 is 5.73 Å². The Labute approximate surface area is 145 Å². The maximum absolute atomic E-state index is 14.1. The van der Waals surface area contributed by atoms with Crippen LogP contribution in [0.3, 0.4) is 0 Å². The third kappa shape index (κ3) is 4.14. The summed E-state index contributed by atoms with van der Waals surface area (Å²) in [5.74, 6) is -5.89. The van der Waals surface area contributed by atoms with E-state index in [-0.39, 0.29) is 5.56 Å². The number of hydrogen-bond acceptors (Lipinski definition) is 9. The van der Waals surface area contributed by atoms with Gasteiger partial charge in [0.15, 0.2) is 6.29 Å². The molecule has 0 unspecified atom stereocenters. The van der Waals surface area contributed by atoms with Crippen molar-refractivity contribution in [3.63, 3.8) is 0 Å². The number of esters is 1. The Hall–Kier alpha value is -1.21. The van der Waals surface area contributed by atoms with Crippen LogP contribution in [-0.2, 0) is 19.0 Å². The minimum absolute atomic E-state index is 0.0823. The normalized spacial score (nSPS) is 31.6. The molecule has 25 heavy (non-hydrogen) atoms. The number of hydrogen-bond donors (Lipinski definition) is 4. The molecule has 0 bridgehead atoms. The minimum Gasteiger partial charge on any atom is -0.458 e. The molecule has 1 aliphatic heterocycles. The third-order valence-electron chi connectivity index (χ3n) is 3.84. The molecule has 0 saturated carbocycles. The average molecular weight is 383 g/mol. The molecule has 1 fully saturated rings. The predicted octanol–water partition coefficient (Wildman–Crippen LogP) is -0.620. The highest BCUT2D eigenvalue weighted by molar-refractivity contribution is 7.08. The van der Waals surface area contributed by atoms with E-state index in [4.69, 9.17) is 15.2 Å². The van der Waals surface area contributed by atoms with Crippen LogP contribution in [0.25, 0.3) is 0 Å². The van der Waals surface area contributed by atoms with Crippen LogP contribution in [0.2, 0.25) is 0 Å². The molecule has 0 aromatic carbocycles. The summed E-state index contributed by atoms with van der Waals surface area (Å²) in [6.45, 7) is -0.782. The van der Waals surface area contributed by atoms with Crippen molar-refractivity contribution in [2.75, 3.05) is 13.7 Å². The van der Waals surface area contributed by atoms with Gasteiger partial charge in [0.2, 0.25) is 0 Å². The zero-order valence-corrected chi connectivity index (χ0v) is 13.9. The van der Waals surface area contributed by atoms with Crippen LogP contribution in [0.15, 0.2) is 16.8 Å². The lowest BCUT2D eigenvalue weighted by atomic mass is 9.99. The minimum atomic E-state index is -4.00. The van der Waals surface area contributed by atoms with Gasteiger partial charge in [0.05, 0.1) is 0 Å². The third-order valence-corrected chi connectivity index (χ3v) is 4.55. The van der Waals surface area contributed by atoms with Crippen molar-refractivity contribution in [1.29, 1.82) is 0 Å². The van der Waals surface area contributed by atoms with E-state index in [0.29, 0.717) is 0 Å². The first kappa shape index (κ1) is 20.1. The Bertz CT molecular complexity index is 572. The van der Waals surface area contributed by atoms with Crippen LogP contribution in [0.1, 0.15) is 11.6 Å². The summed E-state index contributed by atoms with van der Waals surface area (Å²) in [5.41, 5.74) is 5.50. The standard InChI is InChI=1S/C14H19F2NO7S/c1-22-12-10(20)9(19)8(18)7(24-12)4-23-13(21)14(15,16)11(17)6-2-3-25-5-6/h2-3,5,7-12,18-20H,4,17H2,1H3/t7-,8-,9+,10+,11+,12+/m1/s1. The van der Waals surface area contributed by atoms with Crippen LogP contribution in [-0.4, -0.2) is 71.6 Å². The van der Waals surface area contributed by atoms with E-state index >= 15 is 0 Å². The van der Waals surface area contributed by atoms with Gasteiger partial charge in [-0.3, -0.25) is 0 Å². The first-order valence-corrected chi connectivity index (χ1v) is 8.19. The number of carbonyl (C=O) groups excluding carboxylic acids is 1. The molecular formula is C14H19F2NO7S. The molecular weight excluding hydrogens is 364 g/mol. The maximum Gasteiger partial charge on any atom is 0.379 e. The monoisotopic (exact) mass is 383 g/mol. The molecule has 0 spiro atoms. The molecule has 1 aromatic rings. The molecule has 0 aliphatic carbocycles. The molecule has 1 aliphatic rings. The van der Waals surface area contributed by atoms with Gasteiger partial charge in [-0.05, 0) is 22.4 Å². The summed E-state index contributed by atoms with van der Waals surface area (Å²) in [6, 6.07) is -0.520. The first-order valence-electron chi connectivity index (χ1n) is 7.25. The smallest absolute Gasteiger partial charge is 0.379 e. The Morgan fingerprint density at radius 1 is 1.40 bits per heavy atom. The number of methoxy groups -OCH3 is 1. The average Bonchev–Trinajstić information content (AvgIpc) is 3.12. The van der Waals surface area contributed by atoms with E-state index in [1.54, 1.807) is 5.38 Å². The lowest BCUT2D eigenvalue weighted by molar-refractivity contribution is -0.296. The van der Waals surface area contributed by atoms with E-state index < -0.39 is 55.2 Å². The zero-order valence-electron chi connectivity index (χ0n) is 13.1. The van der Waals surface area contributed by atoms with Crippen molar-refractivity contribution in [3.8, 4) is 0 Å².